The molecule has 0 saturated heterocycles. The summed E-state index contributed by atoms with van der Waals surface area (Å²) in [6, 6.07) is 7.82. The number of nitrogens with zero attached hydrogens (tertiary/aromatic N) is 2. The van der Waals surface area contributed by atoms with Crippen LogP contribution in [-0.2, 0) is 20.7 Å². The predicted octanol–water partition coefficient (Wildman–Crippen LogP) is 4.62. The summed E-state index contributed by atoms with van der Waals surface area (Å²) in [5.41, 5.74) is 2.44. The number of benzene rings is 1. The molecule has 0 saturated carbocycles. The first kappa shape index (κ1) is 23.0. The number of fused-ring (bicyclic) bond motifs is 1. The number of esters is 1. The Morgan fingerprint density at radius 3 is 2.77 bits per heavy atom. The number of hydrogen-bond donors (Lipinski definition) is 1. The van der Waals surface area contributed by atoms with Crippen molar-refractivity contribution in [1.29, 1.82) is 0 Å². The van der Waals surface area contributed by atoms with Gasteiger partial charge in [-0.15, -0.1) is 11.3 Å². The van der Waals surface area contributed by atoms with Gasteiger partial charge in [0.15, 0.2) is 5.13 Å². The van der Waals surface area contributed by atoms with E-state index in [0.717, 1.165) is 21.5 Å². The van der Waals surface area contributed by atoms with Crippen molar-refractivity contribution in [2.75, 3.05) is 19.0 Å². The summed E-state index contributed by atoms with van der Waals surface area (Å²) in [6.07, 6.45) is 0.719. The van der Waals surface area contributed by atoms with Crippen LogP contribution in [0, 0.1) is 6.92 Å². The fourth-order valence-corrected chi connectivity index (χ4v) is 4.77. The smallest absolute Gasteiger partial charge is 0.311 e. The molecular weight excluding hydrogens is 434 g/mol. The van der Waals surface area contributed by atoms with Crippen LogP contribution in [0.5, 0.6) is 5.75 Å². The molecule has 3 rings (SSSR count). The molecule has 2 aromatic heterocycles. The van der Waals surface area contributed by atoms with Crippen molar-refractivity contribution in [2.24, 2.45) is 0 Å². The van der Waals surface area contributed by atoms with E-state index in [2.05, 4.69) is 10.3 Å². The highest BCUT2D eigenvalue weighted by Crippen LogP contribution is 2.32. The van der Waals surface area contributed by atoms with E-state index < -0.39 is 0 Å². The van der Waals surface area contributed by atoms with Crippen LogP contribution < -0.4 is 10.1 Å². The van der Waals surface area contributed by atoms with Gasteiger partial charge < -0.3 is 14.8 Å². The number of nitrogens with one attached hydrogen (secondary N) is 1. The summed E-state index contributed by atoms with van der Waals surface area (Å²) in [4.78, 5) is 33.5. The van der Waals surface area contributed by atoms with Crippen LogP contribution in [0.15, 0.2) is 34.7 Å². The number of aromatic nitrogens is 2. The maximum atomic E-state index is 12.8. The number of ether oxygens (including phenoxy) is 2. The Morgan fingerprint density at radius 2 is 2.06 bits per heavy atom. The first-order valence-corrected chi connectivity index (χ1v) is 11.7. The van der Waals surface area contributed by atoms with Crippen molar-refractivity contribution < 1.29 is 19.1 Å². The highest BCUT2D eigenvalue weighted by atomic mass is 32.2. The molecule has 7 nitrogen and oxygen atoms in total. The average Bonchev–Trinajstić information content (AvgIpc) is 3.18. The monoisotopic (exact) mass is 459 g/mol. The molecule has 1 aromatic carbocycles. The lowest BCUT2D eigenvalue weighted by molar-refractivity contribution is -0.142. The molecule has 31 heavy (non-hydrogen) atoms. The summed E-state index contributed by atoms with van der Waals surface area (Å²) < 4.78 is 10.4. The minimum Gasteiger partial charge on any atom is -0.494 e. The van der Waals surface area contributed by atoms with Gasteiger partial charge in [-0.05, 0) is 38.0 Å². The minimum absolute atomic E-state index is 0.0916. The third-order valence-corrected chi connectivity index (χ3v) is 6.63. The van der Waals surface area contributed by atoms with Gasteiger partial charge in [-0.1, -0.05) is 30.8 Å². The zero-order valence-electron chi connectivity index (χ0n) is 17.9. The second kappa shape index (κ2) is 10.6. The van der Waals surface area contributed by atoms with E-state index in [1.54, 1.807) is 19.4 Å². The topological polar surface area (TPSA) is 90.4 Å². The highest BCUT2D eigenvalue weighted by Gasteiger charge is 2.21. The molecule has 0 fully saturated rings. The standard InChI is InChI=1S/C22H25N3O4S2/c1-5-17(21(27)25-22-23-14(12-30-22)11-19(26)29-6-2)31-18-10-13(3)15-8-7-9-16(28-4)20(15)24-18/h7-10,12,17H,5-6,11H2,1-4H3,(H,23,25,27). The number of thiazole rings is 1. The molecule has 1 amide bonds. The normalized spacial score (nSPS) is 11.9. The third kappa shape index (κ3) is 5.74. The van der Waals surface area contributed by atoms with Crippen LogP contribution in [0.2, 0.25) is 0 Å². The Labute approximate surface area is 189 Å². The summed E-state index contributed by atoms with van der Waals surface area (Å²) in [6.45, 7) is 6.07. The molecule has 1 atom stereocenters. The minimum atomic E-state index is -0.337. The fraction of sp³-hybridized carbons (Fsp3) is 0.364. The van der Waals surface area contributed by atoms with Crippen molar-refractivity contribution in [3.8, 4) is 5.75 Å². The number of aryl methyl sites for hydroxylation is 1. The first-order valence-electron chi connectivity index (χ1n) is 9.97. The van der Waals surface area contributed by atoms with Gasteiger partial charge in [0.1, 0.15) is 11.3 Å². The summed E-state index contributed by atoms with van der Waals surface area (Å²) >= 11 is 2.70. The van der Waals surface area contributed by atoms with E-state index in [1.807, 2.05) is 38.1 Å². The lowest BCUT2D eigenvalue weighted by Crippen LogP contribution is -2.24. The van der Waals surface area contributed by atoms with Crippen molar-refractivity contribution in [3.05, 3.63) is 40.9 Å². The number of thioether (sulfide) groups is 1. The van der Waals surface area contributed by atoms with Gasteiger partial charge in [0.05, 0.1) is 36.1 Å². The zero-order chi connectivity index (χ0) is 22.4. The molecule has 1 unspecified atom stereocenters. The van der Waals surface area contributed by atoms with Crippen molar-refractivity contribution in [3.63, 3.8) is 0 Å². The van der Waals surface area contributed by atoms with E-state index in [9.17, 15) is 9.59 Å². The van der Waals surface area contributed by atoms with Gasteiger partial charge in [-0.3, -0.25) is 9.59 Å². The number of carbonyl (C=O) groups excluding carboxylic acids is 2. The Morgan fingerprint density at radius 1 is 1.26 bits per heavy atom. The third-order valence-electron chi connectivity index (χ3n) is 4.54. The zero-order valence-corrected chi connectivity index (χ0v) is 19.6. The molecule has 0 spiro atoms. The van der Waals surface area contributed by atoms with Gasteiger partial charge >= 0.3 is 5.97 Å². The van der Waals surface area contributed by atoms with E-state index in [4.69, 9.17) is 14.5 Å². The molecule has 3 aromatic rings. The second-order valence-electron chi connectivity index (χ2n) is 6.76. The Balaban J connectivity index is 1.72. The van der Waals surface area contributed by atoms with Crippen molar-refractivity contribution in [2.45, 2.75) is 43.9 Å². The lowest BCUT2D eigenvalue weighted by Gasteiger charge is -2.15. The quantitative estimate of drug-likeness (QED) is 0.369. The lowest BCUT2D eigenvalue weighted by atomic mass is 10.1. The molecule has 0 aliphatic rings. The van der Waals surface area contributed by atoms with Crippen LogP contribution in [0.4, 0.5) is 5.13 Å². The molecule has 164 valence electrons. The second-order valence-corrected chi connectivity index (χ2v) is 8.84. The maximum Gasteiger partial charge on any atom is 0.311 e. The van der Waals surface area contributed by atoms with Gasteiger partial charge in [-0.25, -0.2) is 9.97 Å². The largest absolute Gasteiger partial charge is 0.494 e. The fourth-order valence-electron chi connectivity index (χ4n) is 3.05. The van der Waals surface area contributed by atoms with E-state index in [-0.39, 0.29) is 23.5 Å². The molecular formula is C22H25N3O4S2. The first-order chi connectivity index (χ1) is 14.9. The van der Waals surface area contributed by atoms with Gasteiger partial charge in [-0.2, -0.15) is 0 Å². The number of hydrogen-bond acceptors (Lipinski definition) is 8. The number of rotatable bonds is 9. The summed E-state index contributed by atoms with van der Waals surface area (Å²) in [7, 11) is 1.62. The molecule has 9 heteroatoms. The summed E-state index contributed by atoms with van der Waals surface area (Å²) in [5, 5.41) is 6.52. The van der Waals surface area contributed by atoms with Crippen LogP contribution in [0.3, 0.4) is 0 Å². The number of pyridine rings is 1. The van der Waals surface area contributed by atoms with Crippen LogP contribution in [0.25, 0.3) is 10.9 Å². The number of carbonyl (C=O) groups is 2. The number of methoxy groups -OCH3 is 1. The Kier molecular flexibility index (Phi) is 7.86. The summed E-state index contributed by atoms with van der Waals surface area (Å²) in [5.74, 6) is 0.224. The molecule has 0 aliphatic heterocycles. The number of amides is 1. The Hall–Kier alpha value is -2.65. The molecule has 0 bridgehead atoms. The molecule has 0 aliphatic carbocycles. The van der Waals surface area contributed by atoms with E-state index in [0.29, 0.717) is 29.6 Å². The Bertz CT molecular complexity index is 1080. The van der Waals surface area contributed by atoms with Crippen LogP contribution >= 0.6 is 23.1 Å². The van der Waals surface area contributed by atoms with E-state index in [1.165, 1.54) is 23.1 Å². The van der Waals surface area contributed by atoms with Crippen LogP contribution in [-0.4, -0.2) is 40.8 Å². The number of para-hydroxylation sites is 1. The van der Waals surface area contributed by atoms with E-state index >= 15 is 0 Å². The number of anilines is 1. The SMILES string of the molecule is CCOC(=O)Cc1csc(NC(=O)C(CC)Sc2cc(C)c3cccc(OC)c3n2)n1. The molecule has 2 heterocycles. The van der Waals surface area contributed by atoms with Crippen molar-refractivity contribution >= 4 is 51.0 Å². The predicted molar refractivity (Wildman–Crippen MR) is 124 cm³/mol. The average molecular weight is 460 g/mol. The van der Waals surface area contributed by atoms with Gasteiger partial charge in [0.2, 0.25) is 5.91 Å². The van der Waals surface area contributed by atoms with Gasteiger partial charge in [0, 0.05) is 10.8 Å². The maximum absolute atomic E-state index is 12.8. The van der Waals surface area contributed by atoms with Gasteiger partial charge in [0.25, 0.3) is 0 Å². The molecule has 1 N–H and O–H groups in total. The van der Waals surface area contributed by atoms with Crippen LogP contribution in [0.1, 0.15) is 31.5 Å². The van der Waals surface area contributed by atoms with Crippen molar-refractivity contribution in [1.82, 2.24) is 9.97 Å². The molecule has 0 radical (unpaired) electrons. The highest BCUT2D eigenvalue weighted by molar-refractivity contribution is 8.00.